The van der Waals surface area contributed by atoms with E-state index in [-0.39, 0.29) is 11.5 Å². The number of benzene rings is 3. The maximum atomic E-state index is 14.0. The van der Waals surface area contributed by atoms with Gasteiger partial charge in [-0.3, -0.25) is 4.79 Å². The number of aromatic nitrogens is 3. The summed E-state index contributed by atoms with van der Waals surface area (Å²) in [6.45, 7) is 0. The number of nitrogens with zero attached hydrogens (tertiary/aromatic N) is 3. The normalized spacial score (nSPS) is 10.3. The Morgan fingerprint density at radius 3 is 2.50 bits per heavy atom. The van der Waals surface area contributed by atoms with E-state index >= 15 is 0 Å². The van der Waals surface area contributed by atoms with Crippen LogP contribution in [0.15, 0.2) is 95.3 Å². The maximum Gasteiger partial charge on any atom is 0.241 e. The third-order valence-electron chi connectivity index (χ3n) is 5.12. The summed E-state index contributed by atoms with van der Waals surface area (Å²) in [6.07, 6.45) is 4.82. The molecule has 0 amide bonds. The minimum absolute atomic E-state index is 0.194. The minimum Gasteiger partial charge on any atom is -0.496 e. The molecule has 5 rings (SSSR count). The summed E-state index contributed by atoms with van der Waals surface area (Å²) in [6, 6.07) is 20.0. The third kappa shape index (κ3) is 5.69. The predicted octanol–water partition coefficient (Wildman–Crippen LogP) is 6.83. The molecule has 182 valence electrons. The highest BCUT2D eigenvalue weighted by atomic mass is 79.9. The minimum atomic E-state index is -0.417. The highest BCUT2D eigenvalue weighted by molar-refractivity contribution is 9.10. The Morgan fingerprint density at radius 1 is 1.00 bits per heavy atom. The van der Waals surface area contributed by atoms with E-state index in [1.165, 1.54) is 24.5 Å². The molecule has 2 heterocycles. The van der Waals surface area contributed by atoms with Crippen LogP contribution in [0.3, 0.4) is 0 Å². The van der Waals surface area contributed by atoms with Crippen molar-refractivity contribution in [3.05, 3.63) is 112 Å². The molecule has 0 saturated heterocycles. The highest BCUT2D eigenvalue weighted by Crippen LogP contribution is 2.33. The molecule has 0 aliphatic heterocycles. The first-order valence-corrected chi connectivity index (χ1v) is 12.4. The van der Waals surface area contributed by atoms with Gasteiger partial charge in [0, 0.05) is 29.0 Å². The molecule has 0 fully saturated rings. The van der Waals surface area contributed by atoms with Crippen molar-refractivity contribution in [2.75, 3.05) is 14.2 Å². The standard InChI is InChI=1S/C20H14FN3O2S.C7H7BrO/c1-26-19-15(6-3-7-16(19)21)13-4-2-5-14(10-13)24-11-17(23-12-24)18(25)20-22-8-9-27-20;1-9-7-5-3-2-4-6(7)8/h2-12H,1H3;2-5H,1H3. The summed E-state index contributed by atoms with van der Waals surface area (Å²) in [7, 11) is 3.10. The van der Waals surface area contributed by atoms with Gasteiger partial charge in [0.15, 0.2) is 16.6 Å². The Bertz CT molecular complexity index is 1470. The summed E-state index contributed by atoms with van der Waals surface area (Å²) in [5, 5.41) is 2.15. The average molecular weight is 566 g/mol. The van der Waals surface area contributed by atoms with Crippen LogP contribution in [0.5, 0.6) is 11.5 Å². The van der Waals surface area contributed by atoms with E-state index in [1.807, 2.05) is 48.5 Å². The number of carbonyl (C=O) groups excluding carboxylic acids is 1. The van der Waals surface area contributed by atoms with E-state index in [1.54, 1.807) is 47.9 Å². The van der Waals surface area contributed by atoms with Gasteiger partial charge in [0.25, 0.3) is 0 Å². The summed E-state index contributed by atoms with van der Waals surface area (Å²) >= 11 is 4.61. The van der Waals surface area contributed by atoms with Gasteiger partial charge in [-0.25, -0.2) is 14.4 Å². The number of thiazole rings is 1. The molecule has 2 aromatic heterocycles. The molecule has 0 spiro atoms. The Balaban J connectivity index is 0.000000286. The van der Waals surface area contributed by atoms with E-state index in [2.05, 4.69) is 25.9 Å². The number of hydrogen-bond donors (Lipinski definition) is 0. The molecule has 5 aromatic rings. The Kier molecular flexibility index (Phi) is 8.24. The fraction of sp³-hybridized carbons (Fsp3) is 0.0741. The molecule has 0 aliphatic rings. The topological polar surface area (TPSA) is 66.2 Å². The van der Waals surface area contributed by atoms with Gasteiger partial charge < -0.3 is 14.0 Å². The lowest BCUT2D eigenvalue weighted by Crippen LogP contribution is -2.00. The van der Waals surface area contributed by atoms with Crippen LogP contribution in [0, 0.1) is 5.82 Å². The third-order valence-corrected chi connectivity index (χ3v) is 6.55. The number of para-hydroxylation sites is 2. The van der Waals surface area contributed by atoms with E-state index in [9.17, 15) is 9.18 Å². The lowest BCUT2D eigenvalue weighted by Gasteiger charge is -2.11. The van der Waals surface area contributed by atoms with Gasteiger partial charge in [0.1, 0.15) is 17.8 Å². The number of ketones is 1. The van der Waals surface area contributed by atoms with Gasteiger partial charge in [0.2, 0.25) is 5.78 Å². The number of halogens is 2. The summed E-state index contributed by atoms with van der Waals surface area (Å²) in [4.78, 5) is 20.6. The SMILES string of the molecule is COc1c(F)cccc1-c1cccc(-n2cnc(C(=O)c3nccs3)c2)c1.COc1ccccc1Br. The van der Waals surface area contributed by atoms with Crippen molar-refractivity contribution >= 4 is 33.0 Å². The molecule has 9 heteroatoms. The Morgan fingerprint density at radius 2 is 1.81 bits per heavy atom. The second-order valence-electron chi connectivity index (χ2n) is 7.34. The van der Waals surface area contributed by atoms with Gasteiger partial charge in [-0.15, -0.1) is 11.3 Å². The van der Waals surface area contributed by atoms with Gasteiger partial charge in [-0.2, -0.15) is 0 Å². The lowest BCUT2D eigenvalue weighted by atomic mass is 10.0. The molecule has 3 aromatic carbocycles. The predicted molar refractivity (Wildman–Crippen MR) is 142 cm³/mol. The quantitative estimate of drug-likeness (QED) is 0.211. The Hall–Kier alpha value is -3.82. The van der Waals surface area contributed by atoms with Crippen molar-refractivity contribution in [2.45, 2.75) is 0 Å². The molecule has 0 radical (unpaired) electrons. The Labute approximate surface area is 220 Å². The van der Waals surface area contributed by atoms with Crippen molar-refractivity contribution in [3.63, 3.8) is 0 Å². The number of rotatable bonds is 6. The second-order valence-corrected chi connectivity index (χ2v) is 9.09. The summed E-state index contributed by atoms with van der Waals surface area (Å²) < 4.78 is 26.9. The smallest absolute Gasteiger partial charge is 0.241 e. The lowest BCUT2D eigenvalue weighted by molar-refractivity contribution is 0.103. The van der Waals surface area contributed by atoms with Crippen molar-refractivity contribution < 1.29 is 18.7 Å². The first kappa shape index (κ1) is 25.3. The number of imidazole rings is 1. The van der Waals surface area contributed by atoms with E-state index in [4.69, 9.17) is 9.47 Å². The molecule has 0 N–H and O–H groups in total. The molecule has 0 atom stereocenters. The number of carbonyl (C=O) groups is 1. The van der Waals surface area contributed by atoms with Crippen LogP contribution in [0.1, 0.15) is 15.5 Å². The summed E-state index contributed by atoms with van der Waals surface area (Å²) in [5.74, 6) is 0.434. The molecule has 0 saturated carbocycles. The van der Waals surface area contributed by atoms with Gasteiger partial charge >= 0.3 is 0 Å². The van der Waals surface area contributed by atoms with E-state index < -0.39 is 5.82 Å². The molecular weight excluding hydrogens is 545 g/mol. The van der Waals surface area contributed by atoms with Crippen molar-refractivity contribution in [3.8, 4) is 28.3 Å². The van der Waals surface area contributed by atoms with Crippen LogP contribution in [-0.2, 0) is 0 Å². The molecule has 0 bridgehead atoms. The first-order chi connectivity index (χ1) is 17.5. The zero-order chi connectivity index (χ0) is 25.5. The van der Waals surface area contributed by atoms with Gasteiger partial charge in [-0.1, -0.05) is 36.4 Å². The molecule has 0 unspecified atom stereocenters. The largest absolute Gasteiger partial charge is 0.496 e. The molecule has 36 heavy (non-hydrogen) atoms. The second kappa shape index (κ2) is 11.7. The van der Waals surface area contributed by atoms with E-state index in [0.717, 1.165) is 21.5 Å². The zero-order valence-electron chi connectivity index (χ0n) is 19.4. The van der Waals surface area contributed by atoms with Crippen molar-refractivity contribution in [1.82, 2.24) is 14.5 Å². The van der Waals surface area contributed by atoms with E-state index in [0.29, 0.717) is 16.3 Å². The van der Waals surface area contributed by atoms with Crippen LogP contribution in [0.2, 0.25) is 0 Å². The molecule has 6 nitrogen and oxygen atoms in total. The van der Waals surface area contributed by atoms with Crippen LogP contribution in [0.25, 0.3) is 16.8 Å². The average Bonchev–Trinajstić information content (AvgIpc) is 3.62. The van der Waals surface area contributed by atoms with Crippen LogP contribution >= 0.6 is 27.3 Å². The van der Waals surface area contributed by atoms with Gasteiger partial charge in [0.05, 0.1) is 18.7 Å². The number of ether oxygens (including phenoxy) is 2. The van der Waals surface area contributed by atoms with Crippen molar-refractivity contribution in [2.24, 2.45) is 0 Å². The van der Waals surface area contributed by atoms with Crippen LogP contribution in [-0.4, -0.2) is 34.5 Å². The molecular formula is C27H21BrFN3O3S. The summed E-state index contributed by atoms with van der Waals surface area (Å²) in [5.41, 5.74) is 2.56. The highest BCUT2D eigenvalue weighted by Gasteiger charge is 2.16. The first-order valence-electron chi connectivity index (χ1n) is 10.7. The molecule has 0 aliphatic carbocycles. The fourth-order valence-corrected chi connectivity index (χ4v) is 4.44. The van der Waals surface area contributed by atoms with Crippen LogP contribution in [0.4, 0.5) is 4.39 Å². The fourth-order valence-electron chi connectivity index (χ4n) is 3.41. The van der Waals surface area contributed by atoms with Crippen LogP contribution < -0.4 is 9.47 Å². The maximum absolute atomic E-state index is 14.0. The zero-order valence-corrected chi connectivity index (χ0v) is 21.8. The number of hydrogen-bond acceptors (Lipinski definition) is 6. The van der Waals surface area contributed by atoms with Gasteiger partial charge in [-0.05, 0) is 51.8 Å². The number of methoxy groups -OCH3 is 2. The van der Waals surface area contributed by atoms with Crippen molar-refractivity contribution in [1.29, 1.82) is 0 Å². The monoisotopic (exact) mass is 565 g/mol.